The van der Waals surface area contributed by atoms with Crippen LogP contribution in [0.25, 0.3) is 10.9 Å². The van der Waals surface area contributed by atoms with Crippen LogP contribution >= 0.6 is 0 Å². The van der Waals surface area contributed by atoms with Crippen molar-refractivity contribution in [3.05, 3.63) is 42.1 Å². The number of para-hydroxylation sites is 1. The minimum atomic E-state index is 1.00. The number of fused-ring (bicyclic) bond motifs is 1. The van der Waals surface area contributed by atoms with Gasteiger partial charge < -0.3 is 0 Å². The van der Waals surface area contributed by atoms with Crippen LogP contribution in [0.15, 0.2) is 36.4 Å². The highest BCUT2D eigenvalue weighted by Gasteiger charge is 1.93. The number of hydrogen-bond donors (Lipinski definition) is 0. The molecule has 1 heterocycles. The molecule has 0 bridgehead atoms. The Morgan fingerprint density at radius 1 is 1.00 bits per heavy atom. The van der Waals surface area contributed by atoms with Crippen LogP contribution in [0.3, 0.4) is 0 Å². The first-order valence-electron chi connectivity index (χ1n) is 5.25. The fourth-order valence-corrected chi connectivity index (χ4v) is 1.31. The van der Waals surface area contributed by atoms with Crippen molar-refractivity contribution in [3.63, 3.8) is 0 Å². The van der Waals surface area contributed by atoms with Gasteiger partial charge in [-0.2, -0.15) is 0 Å². The van der Waals surface area contributed by atoms with Gasteiger partial charge in [0.1, 0.15) is 0 Å². The Balaban J connectivity index is 0.000000461. The molecule has 14 heavy (non-hydrogen) atoms. The predicted octanol–water partition coefficient (Wildman–Crippen LogP) is 3.82. The van der Waals surface area contributed by atoms with Crippen molar-refractivity contribution in [2.24, 2.45) is 0 Å². The van der Waals surface area contributed by atoms with Crippen LogP contribution in [0, 0.1) is 0 Å². The van der Waals surface area contributed by atoms with Gasteiger partial charge in [0, 0.05) is 11.1 Å². The number of hydrogen-bond acceptors (Lipinski definition) is 1. The van der Waals surface area contributed by atoms with Gasteiger partial charge in [-0.25, -0.2) is 0 Å². The second-order valence-corrected chi connectivity index (χ2v) is 2.85. The fraction of sp³-hybridized carbons (Fsp3) is 0.308. The monoisotopic (exact) mass is 187 g/mol. The highest BCUT2D eigenvalue weighted by atomic mass is 14.7. The summed E-state index contributed by atoms with van der Waals surface area (Å²) >= 11 is 0. The predicted molar refractivity (Wildman–Crippen MR) is 62.5 cm³/mol. The molecule has 0 aliphatic heterocycles. The molecule has 0 saturated carbocycles. The molecule has 1 aromatic heterocycles. The normalized spacial score (nSPS) is 9.36. The molecule has 0 spiro atoms. The average molecular weight is 187 g/mol. The van der Waals surface area contributed by atoms with E-state index in [2.05, 4.69) is 36.2 Å². The third kappa shape index (κ3) is 2.32. The largest absolute Gasteiger partial charge is 0.253 e. The Labute approximate surface area is 85.8 Å². The second kappa shape index (κ2) is 5.38. The summed E-state index contributed by atoms with van der Waals surface area (Å²) in [5, 5.41) is 1.22. The molecule has 1 aromatic carbocycles. The summed E-state index contributed by atoms with van der Waals surface area (Å²) in [6.45, 7) is 6.12. The first kappa shape index (κ1) is 10.7. The van der Waals surface area contributed by atoms with E-state index in [1.165, 1.54) is 5.39 Å². The van der Waals surface area contributed by atoms with Gasteiger partial charge in [-0.15, -0.1) is 0 Å². The van der Waals surface area contributed by atoms with Gasteiger partial charge in [-0.1, -0.05) is 45.0 Å². The van der Waals surface area contributed by atoms with E-state index in [0.29, 0.717) is 0 Å². The number of benzene rings is 1. The maximum atomic E-state index is 4.49. The lowest BCUT2D eigenvalue weighted by molar-refractivity contribution is 1.06. The average Bonchev–Trinajstić information content (AvgIpc) is 2.31. The molecule has 1 nitrogen and oxygen atoms in total. The van der Waals surface area contributed by atoms with Crippen molar-refractivity contribution in [2.45, 2.75) is 27.2 Å². The molecule has 0 atom stereocenters. The lowest BCUT2D eigenvalue weighted by atomic mass is 10.2. The number of nitrogens with zero attached hydrogens (tertiary/aromatic N) is 1. The molecule has 0 saturated heterocycles. The fourth-order valence-electron chi connectivity index (χ4n) is 1.31. The van der Waals surface area contributed by atoms with Crippen LogP contribution in [-0.4, -0.2) is 4.98 Å². The smallest absolute Gasteiger partial charge is 0.0705 e. The minimum absolute atomic E-state index is 1.00. The maximum absolute atomic E-state index is 4.49. The molecule has 0 unspecified atom stereocenters. The lowest BCUT2D eigenvalue weighted by Crippen LogP contribution is -1.86. The number of aromatic nitrogens is 1. The minimum Gasteiger partial charge on any atom is -0.253 e. The molecular weight excluding hydrogens is 170 g/mol. The lowest BCUT2D eigenvalue weighted by Gasteiger charge is -1.98. The van der Waals surface area contributed by atoms with Crippen LogP contribution in [0.4, 0.5) is 0 Å². The number of aryl methyl sites for hydroxylation is 1. The van der Waals surface area contributed by atoms with Gasteiger partial charge in [0.2, 0.25) is 0 Å². The van der Waals surface area contributed by atoms with Gasteiger partial charge in [0.15, 0.2) is 0 Å². The third-order valence-electron chi connectivity index (χ3n) is 2.02. The van der Waals surface area contributed by atoms with Gasteiger partial charge in [-0.3, -0.25) is 4.98 Å². The van der Waals surface area contributed by atoms with Crippen LogP contribution in [0.5, 0.6) is 0 Å². The van der Waals surface area contributed by atoms with Crippen molar-refractivity contribution >= 4 is 10.9 Å². The molecule has 0 radical (unpaired) electrons. The van der Waals surface area contributed by atoms with Gasteiger partial charge in [-0.05, 0) is 18.6 Å². The summed E-state index contributed by atoms with van der Waals surface area (Å²) in [5.74, 6) is 0. The van der Waals surface area contributed by atoms with Crippen molar-refractivity contribution in [1.82, 2.24) is 4.98 Å². The molecule has 0 N–H and O–H groups in total. The topological polar surface area (TPSA) is 12.9 Å². The van der Waals surface area contributed by atoms with Crippen molar-refractivity contribution in [2.75, 3.05) is 0 Å². The summed E-state index contributed by atoms with van der Waals surface area (Å²) in [5.41, 5.74) is 2.26. The van der Waals surface area contributed by atoms with Crippen molar-refractivity contribution < 1.29 is 0 Å². The molecule has 1 heteroatoms. The Bertz CT molecular complexity index is 393. The van der Waals surface area contributed by atoms with E-state index in [1.54, 1.807) is 0 Å². The summed E-state index contributed by atoms with van der Waals surface area (Å²) in [6.07, 6.45) is 1.00. The first-order chi connectivity index (χ1) is 6.90. The Morgan fingerprint density at radius 3 is 2.43 bits per heavy atom. The zero-order chi connectivity index (χ0) is 10.4. The van der Waals surface area contributed by atoms with E-state index in [4.69, 9.17) is 0 Å². The van der Waals surface area contributed by atoms with Gasteiger partial charge in [0.05, 0.1) is 5.52 Å². The molecule has 2 rings (SSSR count). The molecule has 0 aliphatic rings. The summed E-state index contributed by atoms with van der Waals surface area (Å²) < 4.78 is 0. The standard InChI is InChI=1S/C11H11N.C2H6/c1-2-10-8-7-9-5-3-4-6-11(9)12-10;1-2/h3-8H,2H2,1H3;1-2H3. The molecule has 0 aliphatic carbocycles. The van der Waals surface area contributed by atoms with Gasteiger partial charge in [0.25, 0.3) is 0 Å². The van der Waals surface area contributed by atoms with E-state index in [0.717, 1.165) is 17.6 Å². The zero-order valence-electron chi connectivity index (χ0n) is 9.12. The summed E-state index contributed by atoms with van der Waals surface area (Å²) in [7, 11) is 0. The van der Waals surface area contributed by atoms with E-state index in [9.17, 15) is 0 Å². The molecule has 74 valence electrons. The van der Waals surface area contributed by atoms with Crippen molar-refractivity contribution in [3.8, 4) is 0 Å². The van der Waals surface area contributed by atoms with E-state index in [-0.39, 0.29) is 0 Å². The van der Waals surface area contributed by atoms with Crippen LogP contribution in [0.1, 0.15) is 26.5 Å². The first-order valence-corrected chi connectivity index (χ1v) is 5.25. The Morgan fingerprint density at radius 2 is 1.71 bits per heavy atom. The van der Waals surface area contributed by atoms with Crippen LogP contribution in [0.2, 0.25) is 0 Å². The van der Waals surface area contributed by atoms with Gasteiger partial charge >= 0.3 is 0 Å². The highest BCUT2D eigenvalue weighted by molar-refractivity contribution is 5.78. The molecular formula is C13H17N. The van der Waals surface area contributed by atoms with E-state index in [1.807, 2.05) is 26.0 Å². The summed E-state index contributed by atoms with van der Waals surface area (Å²) in [6, 6.07) is 12.4. The van der Waals surface area contributed by atoms with E-state index < -0.39 is 0 Å². The van der Waals surface area contributed by atoms with Crippen molar-refractivity contribution in [1.29, 1.82) is 0 Å². The number of rotatable bonds is 1. The molecule has 0 fully saturated rings. The summed E-state index contributed by atoms with van der Waals surface area (Å²) in [4.78, 5) is 4.49. The Hall–Kier alpha value is -1.37. The molecule has 2 aromatic rings. The maximum Gasteiger partial charge on any atom is 0.0705 e. The Kier molecular flexibility index (Phi) is 4.11. The number of pyridine rings is 1. The van der Waals surface area contributed by atoms with E-state index >= 15 is 0 Å². The van der Waals surface area contributed by atoms with Crippen LogP contribution in [-0.2, 0) is 6.42 Å². The quantitative estimate of drug-likeness (QED) is 0.661. The SMILES string of the molecule is CC.CCc1ccc2ccccc2n1. The highest BCUT2D eigenvalue weighted by Crippen LogP contribution is 2.11. The third-order valence-corrected chi connectivity index (χ3v) is 2.02. The zero-order valence-corrected chi connectivity index (χ0v) is 9.12. The second-order valence-electron chi connectivity index (χ2n) is 2.85. The van der Waals surface area contributed by atoms with Crippen LogP contribution < -0.4 is 0 Å². The molecule has 0 amide bonds.